The standard InChI is InChI=1S/C43H37N3/c1-3-5-7-16-37(45)17-11-10-13-31-20-23-40-41-25-22-36-30-35(34-15-12-14-33(29-34)32(4-2)26-27-44)21-24-39(36)43(41)46(42(40)28-31)38-18-8-6-9-19-38/h3-12,14-15,17-30,44H,1-2,13,16,45H2/b7-5-,11-10-,32-26+,37-17-,44-27?. The number of nitrogens with two attached hydrogens (primary N) is 1. The Labute approximate surface area is 270 Å². The first-order valence-corrected chi connectivity index (χ1v) is 15.5. The third-order valence-corrected chi connectivity index (χ3v) is 8.26. The quantitative estimate of drug-likeness (QED) is 0.114. The fourth-order valence-electron chi connectivity index (χ4n) is 6.05. The highest BCUT2D eigenvalue weighted by molar-refractivity contribution is 6.19. The van der Waals surface area contributed by atoms with E-state index in [9.17, 15) is 0 Å². The molecule has 3 N–H and O–H groups in total. The summed E-state index contributed by atoms with van der Waals surface area (Å²) in [6.07, 6.45) is 18.2. The van der Waals surface area contributed by atoms with E-state index < -0.39 is 0 Å². The van der Waals surface area contributed by atoms with Gasteiger partial charge in [-0.15, -0.1) is 0 Å². The first kappa shape index (κ1) is 30.1. The number of hydrogen-bond acceptors (Lipinski definition) is 2. The van der Waals surface area contributed by atoms with Gasteiger partial charge < -0.3 is 15.7 Å². The summed E-state index contributed by atoms with van der Waals surface area (Å²) in [7, 11) is 0. The van der Waals surface area contributed by atoms with E-state index in [1.807, 2.05) is 24.3 Å². The molecule has 0 aliphatic carbocycles. The van der Waals surface area contributed by atoms with Crippen molar-refractivity contribution in [2.75, 3.05) is 0 Å². The second-order valence-electron chi connectivity index (χ2n) is 11.2. The highest BCUT2D eigenvalue weighted by Crippen LogP contribution is 2.38. The number of benzene rings is 5. The molecule has 1 heterocycles. The average Bonchev–Trinajstić information content (AvgIpc) is 3.43. The molecule has 0 fully saturated rings. The van der Waals surface area contributed by atoms with E-state index >= 15 is 0 Å². The molecule has 224 valence electrons. The molecule has 0 radical (unpaired) electrons. The zero-order chi connectivity index (χ0) is 31.9. The molecular weight excluding hydrogens is 558 g/mol. The van der Waals surface area contributed by atoms with E-state index in [4.69, 9.17) is 11.1 Å². The summed E-state index contributed by atoms with van der Waals surface area (Å²) in [5, 5.41) is 12.4. The monoisotopic (exact) mass is 595 g/mol. The van der Waals surface area contributed by atoms with Gasteiger partial charge in [-0.1, -0.05) is 122 Å². The zero-order valence-corrected chi connectivity index (χ0v) is 25.9. The van der Waals surface area contributed by atoms with Gasteiger partial charge in [0.2, 0.25) is 0 Å². The van der Waals surface area contributed by atoms with E-state index in [1.165, 1.54) is 44.4 Å². The smallest absolute Gasteiger partial charge is 0.0619 e. The third kappa shape index (κ3) is 6.17. The summed E-state index contributed by atoms with van der Waals surface area (Å²) < 4.78 is 2.41. The molecule has 1 aromatic heterocycles. The molecule has 0 atom stereocenters. The Morgan fingerprint density at radius 2 is 1.54 bits per heavy atom. The van der Waals surface area contributed by atoms with Crippen molar-refractivity contribution in [1.82, 2.24) is 4.57 Å². The molecule has 0 amide bonds. The predicted octanol–water partition coefficient (Wildman–Crippen LogP) is 10.9. The van der Waals surface area contributed by atoms with E-state index in [1.54, 1.807) is 18.2 Å². The number of rotatable bonds is 11. The Bertz CT molecular complexity index is 2200. The minimum absolute atomic E-state index is 0.709. The van der Waals surface area contributed by atoms with Crippen LogP contribution in [-0.4, -0.2) is 10.8 Å². The minimum Gasteiger partial charge on any atom is -0.402 e. The van der Waals surface area contributed by atoms with Crippen LogP contribution in [0.4, 0.5) is 0 Å². The number of nitrogens with zero attached hydrogens (tertiary/aromatic N) is 1. The van der Waals surface area contributed by atoms with Crippen molar-refractivity contribution in [3.05, 3.63) is 182 Å². The maximum atomic E-state index is 7.50. The lowest BCUT2D eigenvalue weighted by atomic mass is 9.96. The van der Waals surface area contributed by atoms with Crippen molar-refractivity contribution in [2.45, 2.75) is 12.8 Å². The van der Waals surface area contributed by atoms with E-state index in [0.717, 1.165) is 40.1 Å². The first-order chi connectivity index (χ1) is 22.6. The number of nitrogens with one attached hydrogen (secondary N) is 1. The molecule has 3 heteroatoms. The molecular formula is C43H37N3. The van der Waals surface area contributed by atoms with Gasteiger partial charge in [-0.2, -0.15) is 0 Å². The summed E-state index contributed by atoms with van der Waals surface area (Å²) in [4.78, 5) is 0. The van der Waals surface area contributed by atoms with Gasteiger partial charge in [0.25, 0.3) is 0 Å². The van der Waals surface area contributed by atoms with Crippen molar-refractivity contribution in [3.8, 4) is 16.8 Å². The fourth-order valence-corrected chi connectivity index (χ4v) is 6.05. The first-order valence-electron chi connectivity index (χ1n) is 15.5. The van der Waals surface area contributed by atoms with Crippen LogP contribution in [0.25, 0.3) is 55.0 Å². The molecule has 6 aromatic rings. The summed E-state index contributed by atoms with van der Waals surface area (Å²) in [5.74, 6) is 0. The van der Waals surface area contributed by atoms with Gasteiger partial charge in [-0.05, 0) is 82.1 Å². The lowest BCUT2D eigenvalue weighted by molar-refractivity contribution is 1.16. The molecule has 0 unspecified atom stereocenters. The molecule has 0 saturated carbocycles. The van der Waals surface area contributed by atoms with Crippen LogP contribution in [0.5, 0.6) is 0 Å². The van der Waals surface area contributed by atoms with Crippen LogP contribution in [0.2, 0.25) is 0 Å². The maximum absolute atomic E-state index is 7.50. The van der Waals surface area contributed by atoms with Gasteiger partial charge >= 0.3 is 0 Å². The van der Waals surface area contributed by atoms with Crippen LogP contribution in [-0.2, 0) is 6.42 Å². The van der Waals surface area contributed by atoms with Crippen LogP contribution in [0, 0.1) is 5.41 Å². The summed E-state index contributed by atoms with van der Waals surface area (Å²) in [5.41, 5.74) is 16.0. The molecule has 3 nitrogen and oxygen atoms in total. The van der Waals surface area contributed by atoms with Gasteiger partial charge in [0.15, 0.2) is 0 Å². The van der Waals surface area contributed by atoms with Gasteiger partial charge in [-0.3, -0.25) is 0 Å². The van der Waals surface area contributed by atoms with Crippen molar-refractivity contribution in [1.29, 1.82) is 5.41 Å². The van der Waals surface area contributed by atoms with Crippen LogP contribution in [0.1, 0.15) is 17.5 Å². The molecule has 0 aliphatic heterocycles. The molecule has 0 aliphatic rings. The van der Waals surface area contributed by atoms with Gasteiger partial charge in [0.1, 0.15) is 0 Å². The Kier molecular flexibility index (Phi) is 9.03. The summed E-state index contributed by atoms with van der Waals surface area (Å²) in [6.45, 7) is 7.63. The molecule has 46 heavy (non-hydrogen) atoms. The van der Waals surface area contributed by atoms with E-state index in [2.05, 4.69) is 127 Å². The Hall–Kier alpha value is -5.93. The lowest BCUT2D eigenvalue weighted by Crippen LogP contribution is -1.95. The topological polar surface area (TPSA) is 54.8 Å². The van der Waals surface area contributed by atoms with Gasteiger partial charge in [0.05, 0.1) is 11.0 Å². The second-order valence-corrected chi connectivity index (χ2v) is 11.2. The largest absolute Gasteiger partial charge is 0.402 e. The number of allylic oxidation sites excluding steroid dienone is 9. The SMILES string of the molecule is C=C/C=C\C/C(N)=C/C=C\Cc1ccc2c3ccc4cc(-c5cccc(/C(C=C)=C/C=N)c5)ccc4c3n(-c3ccccc3)c2c1. The Morgan fingerprint density at radius 3 is 2.35 bits per heavy atom. The van der Waals surface area contributed by atoms with Crippen molar-refractivity contribution >= 4 is 44.4 Å². The zero-order valence-electron chi connectivity index (χ0n) is 25.9. The van der Waals surface area contributed by atoms with Gasteiger partial charge in [0, 0.05) is 40.2 Å². The third-order valence-electron chi connectivity index (χ3n) is 8.26. The molecule has 0 bridgehead atoms. The van der Waals surface area contributed by atoms with Crippen molar-refractivity contribution < 1.29 is 0 Å². The Morgan fingerprint density at radius 1 is 0.739 bits per heavy atom. The normalized spacial score (nSPS) is 12.5. The second kappa shape index (κ2) is 13.8. The van der Waals surface area contributed by atoms with E-state index in [0.29, 0.717) is 6.42 Å². The van der Waals surface area contributed by atoms with Crippen molar-refractivity contribution in [2.24, 2.45) is 5.73 Å². The predicted molar refractivity (Wildman–Crippen MR) is 200 cm³/mol. The minimum atomic E-state index is 0.709. The fraction of sp³-hybridized carbons (Fsp3) is 0.0465. The molecule has 0 saturated heterocycles. The molecule has 6 rings (SSSR count). The molecule has 5 aromatic carbocycles. The van der Waals surface area contributed by atoms with E-state index in [-0.39, 0.29) is 0 Å². The van der Waals surface area contributed by atoms with Crippen LogP contribution < -0.4 is 5.73 Å². The number of aromatic nitrogens is 1. The van der Waals surface area contributed by atoms with Crippen molar-refractivity contribution in [3.63, 3.8) is 0 Å². The van der Waals surface area contributed by atoms with Crippen LogP contribution in [0.3, 0.4) is 0 Å². The lowest BCUT2D eigenvalue weighted by Gasteiger charge is -2.12. The van der Waals surface area contributed by atoms with Crippen LogP contribution >= 0.6 is 0 Å². The summed E-state index contributed by atoms with van der Waals surface area (Å²) >= 11 is 0. The number of para-hydroxylation sites is 1. The Balaban J connectivity index is 1.44. The van der Waals surface area contributed by atoms with Crippen LogP contribution in [0.15, 0.2) is 171 Å². The maximum Gasteiger partial charge on any atom is 0.0619 e. The average molecular weight is 596 g/mol. The number of fused-ring (bicyclic) bond motifs is 5. The summed E-state index contributed by atoms with van der Waals surface area (Å²) in [6, 6.07) is 37.1. The number of hydrogen-bond donors (Lipinski definition) is 2. The highest BCUT2D eigenvalue weighted by Gasteiger charge is 2.16. The molecule has 0 spiro atoms. The highest BCUT2D eigenvalue weighted by atomic mass is 15.0. The van der Waals surface area contributed by atoms with Gasteiger partial charge in [-0.25, -0.2) is 0 Å².